The number of rotatable bonds is 7. The Morgan fingerprint density at radius 1 is 1.35 bits per heavy atom. The van der Waals surface area contributed by atoms with Gasteiger partial charge in [-0.1, -0.05) is 15.9 Å². The van der Waals surface area contributed by atoms with Gasteiger partial charge in [0.25, 0.3) is 0 Å². The van der Waals surface area contributed by atoms with Gasteiger partial charge in [-0.05, 0) is 37.1 Å². The van der Waals surface area contributed by atoms with Crippen molar-refractivity contribution < 1.29 is 9.13 Å². The van der Waals surface area contributed by atoms with E-state index >= 15 is 0 Å². The molecule has 0 radical (unpaired) electrons. The standard InChI is InChI=1S/C14H21BrFN3O/c1-3-20-6-4-5-18-14(17-2)19-10-11-7-12(15)9-13(16)8-11/h7-9H,3-6,10H2,1-2H3,(H2,17,18,19). The molecule has 1 aromatic rings. The van der Waals surface area contributed by atoms with Crippen molar-refractivity contribution in [3.63, 3.8) is 0 Å². The minimum Gasteiger partial charge on any atom is -0.382 e. The third kappa shape index (κ3) is 6.86. The predicted octanol–water partition coefficient (Wildman–Crippen LogP) is 2.68. The fourth-order valence-corrected chi connectivity index (χ4v) is 2.16. The number of benzene rings is 1. The molecule has 112 valence electrons. The Bertz CT molecular complexity index is 420. The van der Waals surface area contributed by atoms with Gasteiger partial charge in [-0.15, -0.1) is 0 Å². The third-order valence-electron chi connectivity index (χ3n) is 2.57. The van der Waals surface area contributed by atoms with Gasteiger partial charge in [-0.2, -0.15) is 0 Å². The molecule has 0 saturated heterocycles. The van der Waals surface area contributed by atoms with Crippen molar-refractivity contribution in [2.24, 2.45) is 4.99 Å². The molecular formula is C14H21BrFN3O. The van der Waals surface area contributed by atoms with Gasteiger partial charge < -0.3 is 15.4 Å². The predicted molar refractivity (Wildman–Crippen MR) is 83.4 cm³/mol. The lowest BCUT2D eigenvalue weighted by molar-refractivity contribution is 0.145. The molecule has 0 amide bonds. The van der Waals surface area contributed by atoms with Crippen LogP contribution in [0.15, 0.2) is 27.7 Å². The molecule has 0 bridgehead atoms. The highest BCUT2D eigenvalue weighted by atomic mass is 79.9. The Hall–Kier alpha value is -1.14. The van der Waals surface area contributed by atoms with Crippen LogP contribution in [0, 0.1) is 5.82 Å². The maximum Gasteiger partial charge on any atom is 0.191 e. The monoisotopic (exact) mass is 345 g/mol. The second-order valence-corrected chi connectivity index (χ2v) is 5.10. The molecule has 0 aliphatic rings. The van der Waals surface area contributed by atoms with Crippen LogP contribution in [0.2, 0.25) is 0 Å². The first-order valence-electron chi connectivity index (χ1n) is 6.63. The van der Waals surface area contributed by atoms with Gasteiger partial charge >= 0.3 is 0 Å². The Balaban J connectivity index is 2.34. The number of hydrogen-bond acceptors (Lipinski definition) is 2. The summed E-state index contributed by atoms with van der Waals surface area (Å²) >= 11 is 3.28. The van der Waals surface area contributed by atoms with Crippen molar-refractivity contribution in [2.45, 2.75) is 19.9 Å². The number of guanidine groups is 1. The second-order valence-electron chi connectivity index (χ2n) is 4.18. The van der Waals surface area contributed by atoms with E-state index in [1.165, 1.54) is 12.1 Å². The van der Waals surface area contributed by atoms with E-state index in [1.807, 2.05) is 13.0 Å². The largest absolute Gasteiger partial charge is 0.382 e. The minimum atomic E-state index is -0.254. The van der Waals surface area contributed by atoms with Crippen molar-refractivity contribution in [1.82, 2.24) is 10.6 Å². The zero-order valence-corrected chi connectivity index (χ0v) is 13.5. The number of hydrogen-bond donors (Lipinski definition) is 2. The van der Waals surface area contributed by atoms with Crippen LogP contribution in [-0.4, -0.2) is 32.8 Å². The molecule has 1 rings (SSSR count). The van der Waals surface area contributed by atoms with E-state index in [0.717, 1.165) is 36.2 Å². The smallest absolute Gasteiger partial charge is 0.191 e. The molecule has 6 heteroatoms. The molecule has 0 aromatic heterocycles. The Kier molecular flexibility index (Phi) is 8.22. The molecule has 0 fully saturated rings. The lowest BCUT2D eigenvalue weighted by Crippen LogP contribution is -2.37. The van der Waals surface area contributed by atoms with E-state index < -0.39 is 0 Å². The summed E-state index contributed by atoms with van der Waals surface area (Å²) in [6.45, 7) is 4.75. The number of nitrogens with zero attached hydrogens (tertiary/aromatic N) is 1. The lowest BCUT2D eigenvalue weighted by Gasteiger charge is -2.12. The molecule has 1 aromatic carbocycles. The van der Waals surface area contributed by atoms with Crippen molar-refractivity contribution in [3.8, 4) is 0 Å². The molecule has 4 nitrogen and oxygen atoms in total. The summed E-state index contributed by atoms with van der Waals surface area (Å²) in [5, 5.41) is 6.32. The molecule has 0 aliphatic heterocycles. The topological polar surface area (TPSA) is 45.6 Å². The van der Waals surface area contributed by atoms with Crippen molar-refractivity contribution in [1.29, 1.82) is 0 Å². The zero-order chi connectivity index (χ0) is 14.8. The van der Waals surface area contributed by atoms with E-state index in [1.54, 1.807) is 7.05 Å². The molecule has 0 saturated carbocycles. The van der Waals surface area contributed by atoms with Gasteiger partial charge in [0, 0.05) is 37.8 Å². The van der Waals surface area contributed by atoms with Crippen LogP contribution in [0.3, 0.4) is 0 Å². The number of aliphatic imine (C=N–C) groups is 1. The van der Waals surface area contributed by atoms with Crippen LogP contribution < -0.4 is 10.6 Å². The number of ether oxygens (including phenoxy) is 1. The minimum absolute atomic E-state index is 0.254. The summed E-state index contributed by atoms with van der Waals surface area (Å²) in [6.07, 6.45) is 0.917. The van der Waals surface area contributed by atoms with Gasteiger partial charge in [-0.3, -0.25) is 4.99 Å². The van der Waals surface area contributed by atoms with Crippen LogP contribution >= 0.6 is 15.9 Å². The van der Waals surface area contributed by atoms with E-state index in [0.29, 0.717) is 12.5 Å². The maximum atomic E-state index is 13.2. The summed E-state index contributed by atoms with van der Waals surface area (Å²) in [4.78, 5) is 4.11. The van der Waals surface area contributed by atoms with Gasteiger partial charge in [0.05, 0.1) is 0 Å². The quantitative estimate of drug-likeness (QED) is 0.453. The summed E-state index contributed by atoms with van der Waals surface area (Å²) < 4.78 is 19.2. The maximum absolute atomic E-state index is 13.2. The van der Waals surface area contributed by atoms with Crippen LogP contribution in [0.4, 0.5) is 4.39 Å². The van der Waals surface area contributed by atoms with E-state index in [4.69, 9.17) is 4.74 Å². The first-order valence-corrected chi connectivity index (χ1v) is 7.42. The van der Waals surface area contributed by atoms with Crippen LogP contribution in [0.1, 0.15) is 18.9 Å². The van der Waals surface area contributed by atoms with Crippen molar-refractivity contribution >= 4 is 21.9 Å². The van der Waals surface area contributed by atoms with Crippen molar-refractivity contribution in [3.05, 3.63) is 34.1 Å². The Morgan fingerprint density at radius 2 is 2.15 bits per heavy atom. The van der Waals surface area contributed by atoms with E-state index in [2.05, 4.69) is 31.6 Å². The lowest BCUT2D eigenvalue weighted by atomic mass is 10.2. The SMILES string of the molecule is CCOCCCNC(=NC)NCc1cc(F)cc(Br)c1. The Morgan fingerprint density at radius 3 is 2.80 bits per heavy atom. The second kappa shape index (κ2) is 9.72. The number of halogens is 2. The van der Waals surface area contributed by atoms with Crippen LogP contribution in [0.25, 0.3) is 0 Å². The van der Waals surface area contributed by atoms with Crippen LogP contribution in [0.5, 0.6) is 0 Å². The molecule has 0 atom stereocenters. The highest BCUT2D eigenvalue weighted by molar-refractivity contribution is 9.10. The molecule has 20 heavy (non-hydrogen) atoms. The van der Waals surface area contributed by atoms with Gasteiger partial charge in [0.15, 0.2) is 5.96 Å². The first kappa shape index (κ1) is 16.9. The van der Waals surface area contributed by atoms with Gasteiger partial charge in [0.2, 0.25) is 0 Å². The molecule has 0 heterocycles. The average molecular weight is 346 g/mol. The molecule has 0 spiro atoms. The zero-order valence-electron chi connectivity index (χ0n) is 11.9. The fourth-order valence-electron chi connectivity index (χ4n) is 1.64. The average Bonchev–Trinajstić information content (AvgIpc) is 2.41. The summed E-state index contributed by atoms with van der Waals surface area (Å²) in [5.41, 5.74) is 0.856. The fraction of sp³-hybridized carbons (Fsp3) is 0.500. The first-order chi connectivity index (χ1) is 9.65. The molecule has 0 unspecified atom stereocenters. The van der Waals surface area contributed by atoms with Gasteiger partial charge in [0.1, 0.15) is 5.82 Å². The third-order valence-corrected chi connectivity index (χ3v) is 3.03. The van der Waals surface area contributed by atoms with E-state index in [-0.39, 0.29) is 5.82 Å². The normalized spacial score (nSPS) is 11.5. The summed E-state index contributed by atoms with van der Waals surface area (Å²) in [6, 6.07) is 4.81. The molecule has 2 N–H and O–H groups in total. The van der Waals surface area contributed by atoms with E-state index in [9.17, 15) is 4.39 Å². The summed E-state index contributed by atoms with van der Waals surface area (Å²) in [5.74, 6) is 0.442. The van der Waals surface area contributed by atoms with Gasteiger partial charge in [-0.25, -0.2) is 4.39 Å². The highest BCUT2D eigenvalue weighted by Gasteiger charge is 2.01. The Labute approximate surface area is 127 Å². The highest BCUT2D eigenvalue weighted by Crippen LogP contribution is 2.14. The molecular weight excluding hydrogens is 325 g/mol. The summed E-state index contributed by atoms with van der Waals surface area (Å²) in [7, 11) is 1.71. The molecule has 0 aliphatic carbocycles. The van der Waals surface area contributed by atoms with Crippen LogP contribution in [-0.2, 0) is 11.3 Å². The van der Waals surface area contributed by atoms with Crippen molar-refractivity contribution in [2.75, 3.05) is 26.8 Å². The number of nitrogens with one attached hydrogen (secondary N) is 2.